The summed E-state index contributed by atoms with van der Waals surface area (Å²) < 4.78 is 19.8. The average Bonchev–Trinajstić information content (AvgIpc) is 2.93. The molecule has 118 valence electrons. The minimum Gasteiger partial charge on any atom is -0.373 e. The predicted molar refractivity (Wildman–Crippen MR) is 85.0 cm³/mol. The van der Waals surface area contributed by atoms with E-state index in [1.807, 2.05) is 19.1 Å². The molecule has 2 nitrogen and oxygen atoms in total. The van der Waals surface area contributed by atoms with E-state index in [4.69, 9.17) is 4.74 Å². The fourth-order valence-corrected chi connectivity index (χ4v) is 3.52. The van der Waals surface area contributed by atoms with Gasteiger partial charge >= 0.3 is 0 Å². The Hall–Kier alpha value is -0.930. The Balaban J connectivity index is 2.33. The molecular weight excluding hydrogens is 265 g/mol. The van der Waals surface area contributed by atoms with E-state index in [1.165, 1.54) is 12.8 Å². The SMILES string of the molecule is CCCNC(c1ccc(F)c(C)c1)C1(OCC)CCCC1. The third-order valence-corrected chi connectivity index (χ3v) is 4.52. The lowest BCUT2D eigenvalue weighted by Crippen LogP contribution is -2.44. The summed E-state index contributed by atoms with van der Waals surface area (Å²) in [6, 6.07) is 5.62. The Labute approximate surface area is 128 Å². The van der Waals surface area contributed by atoms with Crippen molar-refractivity contribution >= 4 is 0 Å². The molecule has 0 radical (unpaired) electrons. The lowest BCUT2D eigenvalue weighted by molar-refractivity contribution is -0.0626. The molecule has 0 saturated heterocycles. The van der Waals surface area contributed by atoms with Gasteiger partial charge < -0.3 is 10.1 Å². The fraction of sp³-hybridized carbons (Fsp3) is 0.667. The quantitative estimate of drug-likeness (QED) is 0.798. The second-order valence-electron chi connectivity index (χ2n) is 6.10. The van der Waals surface area contributed by atoms with E-state index in [9.17, 15) is 4.39 Å². The number of benzene rings is 1. The van der Waals surface area contributed by atoms with Crippen LogP contribution in [0, 0.1) is 12.7 Å². The van der Waals surface area contributed by atoms with Crippen LogP contribution in [0.4, 0.5) is 4.39 Å². The maximum absolute atomic E-state index is 13.6. The summed E-state index contributed by atoms with van der Waals surface area (Å²) in [6.45, 7) is 7.74. The molecule has 2 rings (SSSR count). The van der Waals surface area contributed by atoms with Crippen LogP contribution in [0.25, 0.3) is 0 Å². The highest BCUT2D eigenvalue weighted by molar-refractivity contribution is 5.29. The van der Waals surface area contributed by atoms with Gasteiger partial charge in [0, 0.05) is 6.61 Å². The minimum absolute atomic E-state index is 0.131. The molecule has 0 aliphatic heterocycles. The van der Waals surface area contributed by atoms with Crippen LogP contribution >= 0.6 is 0 Å². The molecule has 1 N–H and O–H groups in total. The van der Waals surface area contributed by atoms with Gasteiger partial charge in [0.15, 0.2) is 0 Å². The Morgan fingerprint density at radius 2 is 2.00 bits per heavy atom. The van der Waals surface area contributed by atoms with E-state index < -0.39 is 0 Å². The van der Waals surface area contributed by atoms with Crippen molar-refractivity contribution in [1.82, 2.24) is 5.32 Å². The number of nitrogens with one attached hydrogen (secondary N) is 1. The topological polar surface area (TPSA) is 21.3 Å². The summed E-state index contributed by atoms with van der Waals surface area (Å²) in [4.78, 5) is 0. The van der Waals surface area contributed by atoms with Crippen molar-refractivity contribution in [3.63, 3.8) is 0 Å². The van der Waals surface area contributed by atoms with Gasteiger partial charge in [-0.3, -0.25) is 0 Å². The third-order valence-electron chi connectivity index (χ3n) is 4.52. The standard InChI is InChI=1S/C18H28FNO/c1-4-12-20-17(15-8-9-16(19)14(3)13-15)18(21-5-2)10-6-7-11-18/h8-9,13,17,20H,4-7,10-12H2,1-3H3. The molecule has 21 heavy (non-hydrogen) atoms. The third kappa shape index (κ3) is 3.64. The van der Waals surface area contributed by atoms with Crippen LogP contribution in [-0.2, 0) is 4.74 Å². The first-order chi connectivity index (χ1) is 10.1. The van der Waals surface area contributed by atoms with Crippen molar-refractivity contribution in [2.24, 2.45) is 0 Å². The van der Waals surface area contributed by atoms with E-state index in [2.05, 4.69) is 19.2 Å². The number of rotatable bonds is 7. The van der Waals surface area contributed by atoms with Crippen LogP contribution in [-0.4, -0.2) is 18.8 Å². The van der Waals surface area contributed by atoms with Gasteiger partial charge in [-0.2, -0.15) is 0 Å². The number of hydrogen-bond donors (Lipinski definition) is 1. The molecule has 1 aromatic rings. The fourth-order valence-electron chi connectivity index (χ4n) is 3.52. The molecule has 0 amide bonds. The monoisotopic (exact) mass is 293 g/mol. The molecule has 1 saturated carbocycles. The highest BCUT2D eigenvalue weighted by atomic mass is 19.1. The molecule has 0 spiro atoms. The zero-order valence-electron chi connectivity index (χ0n) is 13.5. The van der Waals surface area contributed by atoms with Gasteiger partial charge in [-0.15, -0.1) is 0 Å². The van der Waals surface area contributed by atoms with Crippen LogP contribution in [0.2, 0.25) is 0 Å². The van der Waals surface area contributed by atoms with Crippen molar-refractivity contribution in [3.05, 3.63) is 35.1 Å². The van der Waals surface area contributed by atoms with Crippen LogP contribution in [0.15, 0.2) is 18.2 Å². The Kier molecular flexibility index (Phi) is 5.77. The van der Waals surface area contributed by atoms with Crippen molar-refractivity contribution in [1.29, 1.82) is 0 Å². The lowest BCUT2D eigenvalue weighted by Gasteiger charge is -2.38. The van der Waals surface area contributed by atoms with E-state index in [0.29, 0.717) is 5.56 Å². The summed E-state index contributed by atoms with van der Waals surface area (Å²) in [5.74, 6) is -0.134. The van der Waals surface area contributed by atoms with Crippen LogP contribution in [0.5, 0.6) is 0 Å². The summed E-state index contributed by atoms with van der Waals surface area (Å²) >= 11 is 0. The smallest absolute Gasteiger partial charge is 0.126 e. The Morgan fingerprint density at radius 1 is 1.29 bits per heavy atom. The first kappa shape index (κ1) is 16.4. The minimum atomic E-state index is -0.134. The molecule has 1 unspecified atom stereocenters. The molecular formula is C18H28FNO. The van der Waals surface area contributed by atoms with E-state index >= 15 is 0 Å². The highest BCUT2D eigenvalue weighted by Gasteiger charge is 2.42. The molecule has 1 aliphatic rings. The van der Waals surface area contributed by atoms with Gasteiger partial charge in [0.1, 0.15) is 5.82 Å². The summed E-state index contributed by atoms with van der Waals surface area (Å²) in [5, 5.41) is 3.65. The first-order valence-corrected chi connectivity index (χ1v) is 8.26. The van der Waals surface area contributed by atoms with Crippen LogP contribution in [0.1, 0.15) is 63.1 Å². The zero-order chi connectivity index (χ0) is 15.3. The van der Waals surface area contributed by atoms with Gasteiger partial charge in [0.25, 0.3) is 0 Å². The van der Waals surface area contributed by atoms with E-state index in [0.717, 1.165) is 38.0 Å². The number of halogens is 1. The molecule has 0 aromatic heterocycles. The predicted octanol–water partition coefficient (Wildman–Crippen LogP) is 4.52. The second-order valence-corrected chi connectivity index (χ2v) is 6.10. The van der Waals surface area contributed by atoms with E-state index in [-0.39, 0.29) is 17.5 Å². The van der Waals surface area contributed by atoms with Crippen molar-refractivity contribution in [3.8, 4) is 0 Å². The zero-order valence-corrected chi connectivity index (χ0v) is 13.5. The maximum atomic E-state index is 13.6. The van der Waals surface area contributed by atoms with Crippen molar-refractivity contribution < 1.29 is 9.13 Å². The number of ether oxygens (including phenoxy) is 1. The Morgan fingerprint density at radius 3 is 2.57 bits per heavy atom. The van der Waals surface area contributed by atoms with Crippen LogP contribution < -0.4 is 5.32 Å². The average molecular weight is 293 g/mol. The Bertz CT molecular complexity index is 455. The van der Waals surface area contributed by atoms with Gasteiger partial charge in [0.2, 0.25) is 0 Å². The van der Waals surface area contributed by atoms with Gasteiger partial charge in [-0.1, -0.05) is 31.9 Å². The molecule has 3 heteroatoms. The number of hydrogen-bond acceptors (Lipinski definition) is 2. The number of aryl methyl sites for hydroxylation is 1. The summed E-state index contributed by atoms with van der Waals surface area (Å²) in [6.07, 6.45) is 5.67. The molecule has 1 fully saturated rings. The van der Waals surface area contributed by atoms with Gasteiger partial charge in [0.05, 0.1) is 11.6 Å². The molecule has 0 heterocycles. The molecule has 1 aliphatic carbocycles. The summed E-state index contributed by atoms with van der Waals surface area (Å²) in [7, 11) is 0. The van der Waals surface area contributed by atoms with Gasteiger partial charge in [-0.05, 0) is 56.8 Å². The lowest BCUT2D eigenvalue weighted by atomic mass is 9.86. The van der Waals surface area contributed by atoms with E-state index in [1.54, 1.807) is 6.07 Å². The highest BCUT2D eigenvalue weighted by Crippen LogP contribution is 2.43. The first-order valence-electron chi connectivity index (χ1n) is 8.26. The van der Waals surface area contributed by atoms with Gasteiger partial charge in [-0.25, -0.2) is 4.39 Å². The normalized spacial score (nSPS) is 18.9. The summed E-state index contributed by atoms with van der Waals surface area (Å²) in [5.41, 5.74) is 1.73. The largest absolute Gasteiger partial charge is 0.373 e. The van der Waals surface area contributed by atoms with Crippen molar-refractivity contribution in [2.75, 3.05) is 13.2 Å². The maximum Gasteiger partial charge on any atom is 0.126 e. The molecule has 0 bridgehead atoms. The van der Waals surface area contributed by atoms with Crippen LogP contribution in [0.3, 0.4) is 0 Å². The molecule has 1 aromatic carbocycles. The molecule has 1 atom stereocenters. The van der Waals surface area contributed by atoms with Crippen molar-refractivity contribution in [2.45, 2.75) is 64.5 Å². The second kappa shape index (κ2) is 7.37.